The van der Waals surface area contributed by atoms with E-state index in [1.807, 2.05) is 11.1 Å². The molecular weight excluding hydrogens is 310 g/mol. The molecule has 2 aromatic rings. The van der Waals surface area contributed by atoms with Gasteiger partial charge in [0.05, 0.1) is 12.8 Å². The second kappa shape index (κ2) is 6.96. The Morgan fingerprint density at radius 3 is 2.62 bits per heavy atom. The van der Waals surface area contributed by atoms with E-state index < -0.39 is 5.97 Å². The van der Waals surface area contributed by atoms with Crippen LogP contribution in [0.4, 0.5) is 0 Å². The van der Waals surface area contributed by atoms with E-state index in [9.17, 15) is 9.59 Å². The zero-order valence-corrected chi connectivity index (χ0v) is 13.9. The quantitative estimate of drug-likeness (QED) is 0.762. The summed E-state index contributed by atoms with van der Waals surface area (Å²) >= 11 is 0. The van der Waals surface area contributed by atoms with E-state index in [4.69, 9.17) is 4.74 Å². The highest BCUT2D eigenvalue weighted by Gasteiger charge is 2.19. The summed E-state index contributed by atoms with van der Waals surface area (Å²) in [5.41, 5.74) is 1.88. The topological polar surface area (TPSA) is 80.0 Å². The van der Waals surface area contributed by atoms with Crippen LogP contribution >= 0.6 is 0 Å². The molecule has 0 atom stereocenters. The lowest BCUT2D eigenvalue weighted by atomic mass is 10.2. The molecule has 3 heterocycles. The van der Waals surface area contributed by atoms with Crippen molar-refractivity contribution in [3.05, 3.63) is 29.7 Å². The van der Waals surface area contributed by atoms with E-state index in [2.05, 4.69) is 15.0 Å². The fraction of sp³-hybridized carbons (Fsp3) is 0.500. The summed E-state index contributed by atoms with van der Waals surface area (Å²) in [5, 5.41) is 4.19. The van der Waals surface area contributed by atoms with Crippen LogP contribution in [0.3, 0.4) is 0 Å². The van der Waals surface area contributed by atoms with Crippen LogP contribution in [0, 0.1) is 0 Å². The maximum Gasteiger partial charge on any atom is 0.343 e. The third kappa shape index (κ3) is 3.38. The monoisotopic (exact) mass is 331 g/mol. The Morgan fingerprint density at radius 2 is 1.96 bits per heavy atom. The molecule has 0 aromatic carbocycles. The highest BCUT2D eigenvalue weighted by atomic mass is 16.5. The number of aromatic nitrogens is 3. The Labute approximate surface area is 140 Å². The zero-order valence-electron chi connectivity index (χ0n) is 13.9. The number of esters is 1. The second-order valence-corrected chi connectivity index (χ2v) is 5.79. The summed E-state index contributed by atoms with van der Waals surface area (Å²) < 4.78 is 6.61. The standard InChI is InChI=1S/C16H21N5O3/c1-3-24-16(23)14-9-18-21-11-13(8-17-15(14)21)10-19-4-6-20(7-5-19)12(2)22/h8-9,11H,3-7,10H2,1-2H3. The van der Waals surface area contributed by atoms with Crippen LogP contribution in [-0.4, -0.2) is 69.1 Å². The third-order valence-electron chi connectivity index (χ3n) is 4.13. The van der Waals surface area contributed by atoms with Crippen molar-refractivity contribution in [2.75, 3.05) is 32.8 Å². The molecule has 2 aromatic heterocycles. The first-order valence-corrected chi connectivity index (χ1v) is 8.05. The summed E-state index contributed by atoms with van der Waals surface area (Å²) in [7, 11) is 0. The average molecular weight is 331 g/mol. The predicted molar refractivity (Wildman–Crippen MR) is 86.5 cm³/mol. The van der Waals surface area contributed by atoms with Gasteiger partial charge in [0.15, 0.2) is 5.65 Å². The first-order chi connectivity index (χ1) is 11.6. The molecular formula is C16H21N5O3. The molecule has 8 heteroatoms. The van der Waals surface area contributed by atoms with E-state index >= 15 is 0 Å². The van der Waals surface area contributed by atoms with Crippen molar-refractivity contribution >= 4 is 17.5 Å². The van der Waals surface area contributed by atoms with Crippen molar-refractivity contribution < 1.29 is 14.3 Å². The molecule has 0 N–H and O–H groups in total. The van der Waals surface area contributed by atoms with Crippen LogP contribution in [0.15, 0.2) is 18.6 Å². The van der Waals surface area contributed by atoms with Gasteiger partial charge in [0.2, 0.25) is 5.91 Å². The van der Waals surface area contributed by atoms with Gasteiger partial charge in [-0.15, -0.1) is 0 Å². The Hall–Kier alpha value is -2.48. The molecule has 1 aliphatic rings. The van der Waals surface area contributed by atoms with Gasteiger partial charge in [0.1, 0.15) is 5.56 Å². The van der Waals surface area contributed by atoms with Crippen LogP contribution in [0.25, 0.3) is 5.65 Å². The smallest absolute Gasteiger partial charge is 0.343 e. The molecule has 1 fully saturated rings. The minimum Gasteiger partial charge on any atom is -0.462 e. The summed E-state index contributed by atoms with van der Waals surface area (Å²) in [4.78, 5) is 31.7. The normalized spacial score (nSPS) is 15.7. The fourth-order valence-corrected chi connectivity index (χ4v) is 2.83. The molecule has 24 heavy (non-hydrogen) atoms. The van der Waals surface area contributed by atoms with Gasteiger partial charge >= 0.3 is 5.97 Å². The lowest BCUT2D eigenvalue weighted by Crippen LogP contribution is -2.47. The van der Waals surface area contributed by atoms with Gasteiger partial charge in [-0.2, -0.15) is 5.10 Å². The van der Waals surface area contributed by atoms with Crippen molar-refractivity contribution in [3.63, 3.8) is 0 Å². The lowest BCUT2D eigenvalue weighted by molar-refractivity contribution is -0.130. The molecule has 1 aliphatic heterocycles. The van der Waals surface area contributed by atoms with E-state index in [0.29, 0.717) is 17.8 Å². The summed E-state index contributed by atoms with van der Waals surface area (Å²) in [6.45, 7) is 7.60. The van der Waals surface area contributed by atoms with Crippen LogP contribution in [0.5, 0.6) is 0 Å². The number of hydrogen-bond acceptors (Lipinski definition) is 6. The van der Waals surface area contributed by atoms with E-state index in [1.54, 1.807) is 24.6 Å². The van der Waals surface area contributed by atoms with E-state index in [-0.39, 0.29) is 5.91 Å². The molecule has 0 radical (unpaired) electrons. The number of carbonyl (C=O) groups excluding carboxylic acids is 2. The number of rotatable bonds is 4. The largest absolute Gasteiger partial charge is 0.462 e. The molecule has 0 aliphatic carbocycles. The maximum absolute atomic E-state index is 11.9. The Bertz CT molecular complexity index is 749. The highest BCUT2D eigenvalue weighted by molar-refractivity contribution is 5.95. The van der Waals surface area contributed by atoms with Crippen molar-refractivity contribution in [1.29, 1.82) is 0 Å². The molecule has 8 nitrogen and oxygen atoms in total. The van der Waals surface area contributed by atoms with Crippen molar-refractivity contribution in [2.45, 2.75) is 20.4 Å². The molecule has 128 valence electrons. The van der Waals surface area contributed by atoms with E-state index in [0.717, 1.165) is 38.3 Å². The van der Waals surface area contributed by atoms with Gasteiger partial charge in [-0.3, -0.25) is 9.69 Å². The van der Waals surface area contributed by atoms with Crippen LogP contribution in [-0.2, 0) is 16.1 Å². The molecule has 0 bridgehead atoms. The predicted octanol–water partition coefficient (Wildman–Crippen LogP) is 0.570. The maximum atomic E-state index is 11.9. The number of fused-ring (bicyclic) bond motifs is 1. The first-order valence-electron chi connectivity index (χ1n) is 8.05. The van der Waals surface area contributed by atoms with Gasteiger partial charge in [-0.25, -0.2) is 14.3 Å². The minimum atomic E-state index is -0.409. The average Bonchev–Trinajstić information content (AvgIpc) is 2.99. The summed E-state index contributed by atoms with van der Waals surface area (Å²) in [6.07, 6.45) is 5.12. The second-order valence-electron chi connectivity index (χ2n) is 5.79. The SMILES string of the molecule is CCOC(=O)c1cnn2cc(CN3CCN(C(C)=O)CC3)cnc12. The lowest BCUT2D eigenvalue weighted by Gasteiger charge is -2.34. The Kier molecular flexibility index (Phi) is 4.75. The van der Waals surface area contributed by atoms with E-state index in [1.165, 1.54) is 6.20 Å². The Morgan fingerprint density at radius 1 is 1.21 bits per heavy atom. The number of ether oxygens (including phenoxy) is 1. The summed E-state index contributed by atoms with van der Waals surface area (Å²) in [6, 6.07) is 0. The molecule has 1 amide bonds. The molecule has 1 saturated heterocycles. The molecule has 0 spiro atoms. The van der Waals surface area contributed by atoms with Crippen molar-refractivity contribution in [1.82, 2.24) is 24.4 Å². The molecule has 3 rings (SSSR count). The Balaban J connectivity index is 1.69. The number of carbonyl (C=O) groups is 2. The zero-order chi connectivity index (χ0) is 17.1. The van der Waals surface area contributed by atoms with Crippen molar-refractivity contribution in [2.24, 2.45) is 0 Å². The molecule has 0 saturated carbocycles. The van der Waals surface area contributed by atoms with Gasteiger partial charge < -0.3 is 9.64 Å². The number of nitrogens with zero attached hydrogens (tertiary/aromatic N) is 5. The van der Waals surface area contributed by atoms with Crippen molar-refractivity contribution in [3.8, 4) is 0 Å². The number of piperazine rings is 1. The van der Waals surface area contributed by atoms with Gasteiger partial charge in [-0.05, 0) is 6.92 Å². The highest BCUT2D eigenvalue weighted by Crippen LogP contribution is 2.13. The number of hydrogen-bond donors (Lipinski definition) is 0. The van der Waals surface area contributed by atoms with Gasteiger partial charge in [-0.1, -0.05) is 0 Å². The van der Waals surface area contributed by atoms with Gasteiger partial charge in [0, 0.05) is 57.6 Å². The van der Waals surface area contributed by atoms with Crippen LogP contribution in [0.2, 0.25) is 0 Å². The summed E-state index contributed by atoms with van der Waals surface area (Å²) in [5.74, 6) is -0.283. The van der Waals surface area contributed by atoms with Gasteiger partial charge in [0.25, 0.3) is 0 Å². The molecule has 0 unspecified atom stereocenters. The van der Waals surface area contributed by atoms with Crippen LogP contribution in [0.1, 0.15) is 29.8 Å². The first kappa shape index (κ1) is 16.4. The third-order valence-corrected chi connectivity index (χ3v) is 4.13. The van der Waals surface area contributed by atoms with Crippen LogP contribution < -0.4 is 0 Å². The minimum absolute atomic E-state index is 0.126. The number of amides is 1. The fourth-order valence-electron chi connectivity index (χ4n) is 2.83.